The van der Waals surface area contributed by atoms with E-state index in [2.05, 4.69) is 5.10 Å². The fraction of sp³-hybridized carbons (Fsp3) is 0.400. The van der Waals surface area contributed by atoms with Gasteiger partial charge in [-0.05, 0) is 24.1 Å². The number of ether oxygens (including phenoxy) is 1. The highest BCUT2D eigenvalue weighted by Crippen LogP contribution is 2.37. The third kappa shape index (κ3) is 3.10. The molecular weight excluding hydrogens is 295 g/mol. The molecule has 2 aromatic rings. The van der Waals surface area contributed by atoms with Crippen molar-refractivity contribution in [1.29, 1.82) is 0 Å². The second-order valence-corrected chi connectivity index (χ2v) is 5.19. The van der Waals surface area contributed by atoms with E-state index in [9.17, 15) is 9.50 Å². The molecule has 2 rings (SSSR count). The first-order chi connectivity index (χ1) is 10.0. The van der Waals surface area contributed by atoms with Gasteiger partial charge in [-0.15, -0.1) is 0 Å². The van der Waals surface area contributed by atoms with E-state index in [0.717, 1.165) is 0 Å². The second-order valence-electron chi connectivity index (χ2n) is 4.78. The van der Waals surface area contributed by atoms with Gasteiger partial charge in [0.2, 0.25) is 0 Å². The van der Waals surface area contributed by atoms with E-state index < -0.39 is 11.4 Å². The monoisotopic (exact) mass is 312 g/mol. The molecule has 0 bridgehead atoms. The normalized spacial score (nSPS) is 14.1. The van der Waals surface area contributed by atoms with Gasteiger partial charge in [-0.3, -0.25) is 4.68 Å². The summed E-state index contributed by atoms with van der Waals surface area (Å²) in [5.41, 5.74) is -0.496. The minimum absolute atomic E-state index is 0.342. The third-order valence-corrected chi connectivity index (χ3v) is 3.78. The number of rotatable bonds is 6. The molecule has 1 N–H and O–H groups in total. The Kier molecular flexibility index (Phi) is 4.98. The van der Waals surface area contributed by atoms with Gasteiger partial charge in [0.15, 0.2) is 0 Å². The van der Waals surface area contributed by atoms with Crippen molar-refractivity contribution in [3.05, 3.63) is 52.6 Å². The molecule has 114 valence electrons. The maximum atomic E-state index is 13.5. The Morgan fingerprint density at radius 3 is 2.86 bits per heavy atom. The zero-order valence-corrected chi connectivity index (χ0v) is 12.8. The Morgan fingerprint density at radius 2 is 2.24 bits per heavy atom. The maximum absolute atomic E-state index is 13.5. The molecule has 1 aromatic heterocycles. The highest BCUT2D eigenvalue weighted by molar-refractivity contribution is 6.31. The van der Waals surface area contributed by atoms with E-state index in [1.54, 1.807) is 23.9 Å². The predicted molar refractivity (Wildman–Crippen MR) is 78.8 cm³/mol. The van der Waals surface area contributed by atoms with E-state index in [1.165, 1.54) is 18.3 Å². The average molecular weight is 313 g/mol. The van der Waals surface area contributed by atoms with Gasteiger partial charge in [-0.25, -0.2) is 4.39 Å². The molecule has 6 heteroatoms. The molecule has 1 heterocycles. The van der Waals surface area contributed by atoms with Gasteiger partial charge in [-0.1, -0.05) is 30.7 Å². The Balaban J connectivity index is 2.52. The fourth-order valence-electron chi connectivity index (χ4n) is 2.37. The number of aliphatic hydroxyl groups is 1. The Bertz CT molecular complexity index is 617. The highest BCUT2D eigenvalue weighted by Gasteiger charge is 2.35. The van der Waals surface area contributed by atoms with E-state index in [4.69, 9.17) is 16.3 Å². The number of methoxy groups -OCH3 is 1. The molecule has 4 nitrogen and oxygen atoms in total. The van der Waals surface area contributed by atoms with E-state index in [0.29, 0.717) is 35.9 Å². The van der Waals surface area contributed by atoms with Crippen molar-refractivity contribution < 1.29 is 14.2 Å². The van der Waals surface area contributed by atoms with Gasteiger partial charge in [0, 0.05) is 7.11 Å². The number of aromatic nitrogens is 2. The lowest BCUT2D eigenvalue weighted by Crippen LogP contribution is -2.31. The van der Waals surface area contributed by atoms with Crippen LogP contribution in [0, 0.1) is 5.82 Å². The van der Waals surface area contributed by atoms with Crippen LogP contribution in [0.4, 0.5) is 4.39 Å². The van der Waals surface area contributed by atoms with Crippen molar-refractivity contribution in [3.63, 3.8) is 0 Å². The number of halogens is 2. The first-order valence-corrected chi connectivity index (χ1v) is 7.10. The van der Waals surface area contributed by atoms with E-state index >= 15 is 0 Å². The molecule has 0 aliphatic rings. The van der Waals surface area contributed by atoms with Crippen LogP contribution >= 0.6 is 11.6 Å². The topological polar surface area (TPSA) is 47.3 Å². The van der Waals surface area contributed by atoms with Crippen molar-refractivity contribution in [2.75, 3.05) is 13.7 Å². The van der Waals surface area contributed by atoms with Crippen molar-refractivity contribution >= 4 is 11.6 Å². The third-order valence-electron chi connectivity index (χ3n) is 3.51. The van der Waals surface area contributed by atoms with Gasteiger partial charge < -0.3 is 9.84 Å². The van der Waals surface area contributed by atoms with Gasteiger partial charge in [-0.2, -0.15) is 5.10 Å². The predicted octanol–water partition coefficient (Wildman–Crippen LogP) is 2.97. The highest BCUT2D eigenvalue weighted by atomic mass is 35.5. The van der Waals surface area contributed by atoms with Crippen LogP contribution < -0.4 is 0 Å². The van der Waals surface area contributed by atoms with Crippen LogP contribution in [-0.2, 0) is 16.9 Å². The summed E-state index contributed by atoms with van der Waals surface area (Å²) in [6, 6.07) is 5.89. The molecule has 1 aromatic carbocycles. The van der Waals surface area contributed by atoms with Gasteiger partial charge in [0.25, 0.3) is 0 Å². The van der Waals surface area contributed by atoms with Crippen molar-refractivity contribution in [2.45, 2.75) is 25.5 Å². The molecule has 21 heavy (non-hydrogen) atoms. The Hall–Kier alpha value is -1.43. The fourth-order valence-corrected chi connectivity index (χ4v) is 2.67. The van der Waals surface area contributed by atoms with Gasteiger partial charge in [0.1, 0.15) is 11.4 Å². The lowest BCUT2D eigenvalue weighted by molar-refractivity contribution is 0.0640. The summed E-state index contributed by atoms with van der Waals surface area (Å²) >= 11 is 6.20. The summed E-state index contributed by atoms with van der Waals surface area (Å²) in [5, 5.41) is 15.6. The molecule has 0 saturated heterocycles. The van der Waals surface area contributed by atoms with Crippen LogP contribution in [0.1, 0.15) is 24.6 Å². The summed E-state index contributed by atoms with van der Waals surface area (Å²) in [6.07, 6.45) is 1.82. The molecule has 1 unspecified atom stereocenters. The van der Waals surface area contributed by atoms with Crippen LogP contribution in [0.15, 0.2) is 30.5 Å². The van der Waals surface area contributed by atoms with Crippen molar-refractivity contribution in [3.8, 4) is 0 Å². The number of hydrogen-bond acceptors (Lipinski definition) is 3. The molecule has 0 amide bonds. The quantitative estimate of drug-likeness (QED) is 0.892. The van der Waals surface area contributed by atoms with Gasteiger partial charge in [0.05, 0.1) is 30.1 Å². The largest absolute Gasteiger partial charge is 0.383 e. The van der Waals surface area contributed by atoms with Crippen molar-refractivity contribution in [2.24, 2.45) is 0 Å². The lowest BCUT2D eigenvalue weighted by atomic mass is 9.87. The molecular formula is C15H18ClFN2O2. The molecule has 0 fully saturated rings. The average Bonchev–Trinajstić information content (AvgIpc) is 2.85. The van der Waals surface area contributed by atoms with Crippen LogP contribution in [0.3, 0.4) is 0 Å². The Morgan fingerprint density at radius 1 is 1.48 bits per heavy atom. The lowest BCUT2D eigenvalue weighted by Gasteiger charge is -2.29. The van der Waals surface area contributed by atoms with Crippen LogP contribution in [0.2, 0.25) is 5.02 Å². The summed E-state index contributed by atoms with van der Waals surface area (Å²) in [4.78, 5) is 0. The SMILES string of the molecule is CCC(O)(c1cccc(F)c1)c1c(Cl)cnn1CCOC. The zero-order chi connectivity index (χ0) is 15.5. The second kappa shape index (κ2) is 6.56. The number of nitrogens with zero attached hydrogens (tertiary/aromatic N) is 2. The summed E-state index contributed by atoms with van der Waals surface area (Å²) in [6.45, 7) is 2.71. The molecule has 1 atom stereocenters. The molecule has 0 aliphatic heterocycles. The maximum Gasteiger partial charge on any atom is 0.132 e. The van der Waals surface area contributed by atoms with Crippen LogP contribution in [-0.4, -0.2) is 28.6 Å². The molecule has 0 radical (unpaired) electrons. The minimum atomic E-state index is -1.40. The van der Waals surface area contributed by atoms with Crippen molar-refractivity contribution in [1.82, 2.24) is 9.78 Å². The zero-order valence-electron chi connectivity index (χ0n) is 12.0. The number of benzene rings is 1. The van der Waals surface area contributed by atoms with Crippen LogP contribution in [0.25, 0.3) is 0 Å². The number of hydrogen-bond donors (Lipinski definition) is 1. The first kappa shape index (κ1) is 15.9. The van der Waals surface area contributed by atoms with Crippen LogP contribution in [0.5, 0.6) is 0 Å². The smallest absolute Gasteiger partial charge is 0.132 e. The molecule has 0 saturated carbocycles. The molecule has 0 aliphatic carbocycles. The first-order valence-electron chi connectivity index (χ1n) is 6.72. The minimum Gasteiger partial charge on any atom is -0.383 e. The van der Waals surface area contributed by atoms with E-state index in [-0.39, 0.29) is 0 Å². The summed E-state index contributed by atoms with van der Waals surface area (Å²) < 4.78 is 20.1. The summed E-state index contributed by atoms with van der Waals surface area (Å²) in [5.74, 6) is -0.404. The molecule has 0 spiro atoms. The summed E-state index contributed by atoms with van der Waals surface area (Å²) in [7, 11) is 1.59. The van der Waals surface area contributed by atoms with E-state index in [1.807, 2.05) is 6.92 Å². The van der Waals surface area contributed by atoms with Gasteiger partial charge >= 0.3 is 0 Å². The Labute approximate surface area is 128 Å². The standard InChI is InChI=1S/C15H18ClFN2O2/c1-3-15(20,11-5-4-6-12(17)9-11)14-13(16)10-18-19(14)7-8-21-2/h4-6,9-10,20H,3,7-8H2,1-2H3.